The van der Waals surface area contributed by atoms with Gasteiger partial charge in [-0.2, -0.15) is 0 Å². The molecular weight excluding hydrogens is 318 g/mol. The van der Waals surface area contributed by atoms with E-state index in [4.69, 9.17) is 4.74 Å². The van der Waals surface area contributed by atoms with Crippen LogP contribution in [0.3, 0.4) is 0 Å². The molecule has 1 fully saturated rings. The number of carbonyl (C=O) groups excluding carboxylic acids is 2. The third-order valence-corrected chi connectivity index (χ3v) is 4.66. The summed E-state index contributed by atoms with van der Waals surface area (Å²) in [5.41, 5.74) is 0.589. The van der Waals surface area contributed by atoms with Crippen LogP contribution in [0.5, 0.6) is 0 Å². The molecule has 1 aliphatic rings. The number of anilines is 1. The molecule has 1 aromatic rings. The second-order valence-corrected chi connectivity index (χ2v) is 7.23. The summed E-state index contributed by atoms with van der Waals surface area (Å²) in [6.45, 7) is 11.8. The minimum absolute atomic E-state index is 0.286. The van der Waals surface area contributed by atoms with Gasteiger partial charge in [0, 0.05) is 43.5 Å². The highest BCUT2D eigenvalue weighted by atomic mass is 16.5. The quantitative estimate of drug-likeness (QED) is 0.825. The Morgan fingerprint density at radius 2 is 1.64 bits per heavy atom. The van der Waals surface area contributed by atoms with Crippen LogP contribution >= 0.6 is 0 Å². The Balaban J connectivity index is 1.98. The Kier molecular flexibility index (Phi) is 6.06. The van der Waals surface area contributed by atoms with Crippen molar-refractivity contribution in [1.29, 1.82) is 0 Å². The molecule has 0 aromatic heterocycles. The Bertz CT molecular complexity index is 603. The summed E-state index contributed by atoms with van der Waals surface area (Å²) in [5.74, 6) is -0.757. The zero-order chi connectivity index (χ0) is 18.6. The standard InChI is InChI=1S/C19H29N3O3/c1-14(2)21-10-12-22(13-11-21)16-8-6-15(7-9-16)17(23)20-19(3,4)18(24)25-5/h6-9,14H,10-13H2,1-5H3,(H,20,23). The van der Waals surface area contributed by atoms with Gasteiger partial charge in [-0.1, -0.05) is 0 Å². The van der Waals surface area contributed by atoms with Gasteiger partial charge in [-0.15, -0.1) is 0 Å². The SMILES string of the molecule is COC(=O)C(C)(C)NC(=O)c1ccc(N2CCN(C(C)C)CC2)cc1. The van der Waals surface area contributed by atoms with Crippen LogP contribution in [0.4, 0.5) is 5.69 Å². The highest BCUT2D eigenvalue weighted by Gasteiger charge is 2.30. The van der Waals surface area contributed by atoms with E-state index >= 15 is 0 Å². The fraction of sp³-hybridized carbons (Fsp3) is 0.579. The maximum absolute atomic E-state index is 12.3. The molecule has 0 saturated carbocycles. The first-order valence-electron chi connectivity index (χ1n) is 8.74. The van der Waals surface area contributed by atoms with Crippen molar-refractivity contribution < 1.29 is 14.3 Å². The first-order chi connectivity index (χ1) is 11.7. The Labute approximate surface area is 150 Å². The van der Waals surface area contributed by atoms with Gasteiger partial charge in [0.05, 0.1) is 7.11 Å². The second-order valence-electron chi connectivity index (χ2n) is 7.23. The van der Waals surface area contributed by atoms with E-state index < -0.39 is 11.5 Å². The lowest BCUT2D eigenvalue weighted by Gasteiger charge is -2.38. The molecule has 138 valence electrons. The molecule has 6 heteroatoms. The lowest BCUT2D eigenvalue weighted by atomic mass is 10.0. The number of ether oxygens (including phenoxy) is 1. The van der Waals surface area contributed by atoms with Gasteiger partial charge in [-0.05, 0) is 52.0 Å². The molecule has 0 atom stereocenters. The Hall–Kier alpha value is -2.08. The molecular formula is C19H29N3O3. The zero-order valence-electron chi connectivity index (χ0n) is 15.8. The van der Waals surface area contributed by atoms with Crippen LogP contribution in [0.2, 0.25) is 0 Å². The van der Waals surface area contributed by atoms with Gasteiger partial charge in [0.2, 0.25) is 0 Å². The monoisotopic (exact) mass is 347 g/mol. The second kappa shape index (κ2) is 7.87. The summed E-state index contributed by atoms with van der Waals surface area (Å²) in [7, 11) is 1.31. The predicted octanol–water partition coefficient (Wildman–Crippen LogP) is 1.90. The Morgan fingerprint density at radius 1 is 1.08 bits per heavy atom. The fourth-order valence-electron chi connectivity index (χ4n) is 2.98. The molecule has 1 amide bonds. The van der Waals surface area contributed by atoms with E-state index in [1.807, 2.05) is 12.1 Å². The maximum atomic E-state index is 12.3. The number of hydrogen-bond acceptors (Lipinski definition) is 5. The van der Waals surface area contributed by atoms with E-state index in [-0.39, 0.29) is 5.91 Å². The van der Waals surface area contributed by atoms with Crippen molar-refractivity contribution in [1.82, 2.24) is 10.2 Å². The lowest BCUT2D eigenvalue weighted by molar-refractivity contribution is -0.146. The van der Waals surface area contributed by atoms with Crippen LogP contribution in [0.1, 0.15) is 38.1 Å². The summed E-state index contributed by atoms with van der Waals surface area (Å²) in [6.07, 6.45) is 0. The molecule has 2 rings (SSSR count). The van der Waals surface area contributed by atoms with E-state index in [1.165, 1.54) is 7.11 Å². The summed E-state index contributed by atoms with van der Waals surface area (Å²) in [6, 6.07) is 8.10. The molecule has 1 N–H and O–H groups in total. The molecule has 1 aromatic carbocycles. The highest BCUT2D eigenvalue weighted by molar-refractivity contribution is 5.98. The van der Waals surface area contributed by atoms with Crippen LogP contribution in [0, 0.1) is 0 Å². The van der Waals surface area contributed by atoms with Gasteiger partial charge in [0.25, 0.3) is 5.91 Å². The molecule has 1 saturated heterocycles. The summed E-state index contributed by atoms with van der Waals surface area (Å²) < 4.78 is 4.71. The number of hydrogen-bond donors (Lipinski definition) is 1. The third-order valence-electron chi connectivity index (χ3n) is 4.66. The van der Waals surface area contributed by atoms with Gasteiger partial charge in [-0.3, -0.25) is 9.69 Å². The number of methoxy groups -OCH3 is 1. The van der Waals surface area contributed by atoms with Crippen LogP contribution in [-0.2, 0) is 9.53 Å². The fourth-order valence-corrected chi connectivity index (χ4v) is 2.98. The van der Waals surface area contributed by atoms with Crippen LogP contribution in [0.25, 0.3) is 0 Å². The van der Waals surface area contributed by atoms with Gasteiger partial charge in [0.1, 0.15) is 5.54 Å². The van der Waals surface area contributed by atoms with Crippen molar-refractivity contribution in [3.8, 4) is 0 Å². The number of benzene rings is 1. The van der Waals surface area contributed by atoms with Crippen molar-refractivity contribution in [2.24, 2.45) is 0 Å². The third kappa shape index (κ3) is 4.72. The van der Waals surface area contributed by atoms with Crippen molar-refractivity contribution in [3.05, 3.63) is 29.8 Å². The molecule has 6 nitrogen and oxygen atoms in total. The van der Waals surface area contributed by atoms with Gasteiger partial charge < -0.3 is 15.0 Å². The smallest absolute Gasteiger partial charge is 0.330 e. The Morgan fingerprint density at radius 3 is 2.12 bits per heavy atom. The number of nitrogens with one attached hydrogen (secondary N) is 1. The van der Waals surface area contributed by atoms with Crippen molar-refractivity contribution >= 4 is 17.6 Å². The minimum Gasteiger partial charge on any atom is -0.467 e. The predicted molar refractivity (Wildman–Crippen MR) is 98.9 cm³/mol. The van der Waals surface area contributed by atoms with Gasteiger partial charge in [-0.25, -0.2) is 4.79 Å². The van der Waals surface area contributed by atoms with E-state index in [0.29, 0.717) is 11.6 Å². The summed E-state index contributed by atoms with van der Waals surface area (Å²) in [5, 5.41) is 2.71. The average molecular weight is 347 g/mol. The average Bonchev–Trinajstić information content (AvgIpc) is 2.60. The molecule has 0 unspecified atom stereocenters. The lowest BCUT2D eigenvalue weighted by Crippen LogP contribution is -2.50. The topological polar surface area (TPSA) is 61.9 Å². The highest BCUT2D eigenvalue weighted by Crippen LogP contribution is 2.18. The van der Waals surface area contributed by atoms with Crippen molar-refractivity contribution in [2.75, 3.05) is 38.2 Å². The normalized spacial score (nSPS) is 16.0. The molecule has 1 aliphatic heterocycles. The number of rotatable bonds is 5. The maximum Gasteiger partial charge on any atom is 0.330 e. The van der Waals surface area contributed by atoms with Crippen molar-refractivity contribution in [3.63, 3.8) is 0 Å². The largest absolute Gasteiger partial charge is 0.467 e. The van der Waals surface area contributed by atoms with E-state index in [2.05, 4.69) is 29.0 Å². The van der Waals surface area contributed by atoms with Gasteiger partial charge >= 0.3 is 5.97 Å². The van der Waals surface area contributed by atoms with E-state index in [9.17, 15) is 9.59 Å². The first-order valence-corrected chi connectivity index (χ1v) is 8.74. The number of piperazine rings is 1. The number of carbonyl (C=O) groups is 2. The summed E-state index contributed by atoms with van der Waals surface area (Å²) in [4.78, 5) is 28.8. The number of amides is 1. The van der Waals surface area contributed by atoms with Gasteiger partial charge in [0.15, 0.2) is 0 Å². The van der Waals surface area contributed by atoms with E-state index in [1.54, 1.807) is 26.0 Å². The molecule has 1 heterocycles. The minimum atomic E-state index is -1.06. The summed E-state index contributed by atoms with van der Waals surface area (Å²) >= 11 is 0. The molecule has 25 heavy (non-hydrogen) atoms. The molecule has 0 aliphatic carbocycles. The van der Waals surface area contributed by atoms with E-state index in [0.717, 1.165) is 31.9 Å². The van der Waals surface area contributed by atoms with Crippen molar-refractivity contribution in [2.45, 2.75) is 39.3 Å². The molecule has 0 bridgehead atoms. The van der Waals surface area contributed by atoms with Crippen LogP contribution in [-0.4, -0.2) is 61.6 Å². The van der Waals surface area contributed by atoms with Crippen LogP contribution in [0.15, 0.2) is 24.3 Å². The van der Waals surface area contributed by atoms with Crippen LogP contribution < -0.4 is 10.2 Å². The number of nitrogens with zero attached hydrogens (tertiary/aromatic N) is 2. The zero-order valence-corrected chi connectivity index (χ0v) is 15.8. The molecule has 0 spiro atoms. The first kappa shape index (κ1) is 19.2. The molecule has 0 radical (unpaired) electrons. The number of esters is 1.